The van der Waals surface area contributed by atoms with Crippen molar-refractivity contribution >= 4 is 23.7 Å². The number of nitrogens with zero attached hydrogens (tertiary/aromatic N) is 5. The van der Waals surface area contributed by atoms with Crippen LogP contribution in [-0.4, -0.2) is 69.2 Å². The molecular weight excluding hydrogens is 468 g/mol. The van der Waals surface area contributed by atoms with Crippen molar-refractivity contribution in [1.82, 2.24) is 25.1 Å². The number of rotatable bonds is 5. The smallest absolute Gasteiger partial charge is 0.255 e. The molecule has 1 aromatic carbocycles. The van der Waals surface area contributed by atoms with Crippen LogP contribution in [0.2, 0.25) is 0 Å². The number of fused-ring (bicyclic) bond motifs is 2. The lowest BCUT2D eigenvalue weighted by molar-refractivity contribution is -0.136. The normalized spacial score (nSPS) is 29.4. The van der Waals surface area contributed by atoms with E-state index in [2.05, 4.69) is 37.2 Å². The predicted molar refractivity (Wildman–Crippen MR) is 136 cm³/mol. The third kappa shape index (κ3) is 4.09. The molecule has 5 heterocycles. The summed E-state index contributed by atoms with van der Waals surface area (Å²) in [4.78, 5) is 52.7. The summed E-state index contributed by atoms with van der Waals surface area (Å²) in [6.07, 6.45) is 9.41. The first-order valence-electron chi connectivity index (χ1n) is 13.6. The van der Waals surface area contributed by atoms with E-state index in [1.807, 2.05) is 18.5 Å². The molecule has 4 aliphatic heterocycles. The molecule has 1 aliphatic carbocycles. The molecule has 37 heavy (non-hydrogen) atoms. The van der Waals surface area contributed by atoms with Crippen molar-refractivity contribution in [3.8, 4) is 0 Å². The van der Waals surface area contributed by atoms with Gasteiger partial charge in [-0.15, -0.1) is 0 Å². The number of carbonyl (C=O) groups is 3. The van der Waals surface area contributed by atoms with Crippen LogP contribution in [0.25, 0.3) is 0 Å². The Bertz CT molecular complexity index is 1260. The lowest BCUT2D eigenvalue weighted by Gasteiger charge is -2.32. The Morgan fingerprint density at radius 3 is 2.59 bits per heavy atom. The van der Waals surface area contributed by atoms with Crippen molar-refractivity contribution in [3.63, 3.8) is 0 Å². The number of carbonyl (C=O) groups excluding carboxylic acids is 3. The molecule has 9 nitrogen and oxygen atoms in total. The average Bonchev–Trinajstić information content (AvgIpc) is 3.39. The van der Waals surface area contributed by atoms with E-state index >= 15 is 0 Å². The summed E-state index contributed by atoms with van der Waals surface area (Å²) in [6, 6.07) is 6.28. The van der Waals surface area contributed by atoms with E-state index in [-0.39, 0.29) is 24.1 Å². The number of aromatic nitrogens is 2. The van der Waals surface area contributed by atoms with Crippen LogP contribution in [0.5, 0.6) is 0 Å². The van der Waals surface area contributed by atoms with Crippen molar-refractivity contribution in [2.75, 3.05) is 24.5 Å². The van der Waals surface area contributed by atoms with Crippen molar-refractivity contribution in [3.05, 3.63) is 52.8 Å². The summed E-state index contributed by atoms with van der Waals surface area (Å²) >= 11 is 0. The van der Waals surface area contributed by atoms with Gasteiger partial charge < -0.3 is 9.80 Å². The van der Waals surface area contributed by atoms with Gasteiger partial charge in [0.25, 0.3) is 5.91 Å². The molecule has 5 aliphatic rings. The van der Waals surface area contributed by atoms with Crippen LogP contribution in [-0.2, 0) is 22.7 Å². The molecule has 3 amide bonds. The van der Waals surface area contributed by atoms with Crippen LogP contribution >= 0.6 is 0 Å². The summed E-state index contributed by atoms with van der Waals surface area (Å²) in [5, 5.41) is 2.38. The number of likely N-dealkylation sites (tertiary alicyclic amines) is 1. The number of nitrogens with one attached hydrogen (secondary N) is 1. The molecule has 4 atom stereocenters. The maximum Gasteiger partial charge on any atom is 0.255 e. The summed E-state index contributed by atoms with van der Waals surface area (Å²) in [7, 11) is 0. The van der Waals surface area contributed by atoms with E-state index < -0.39 is 6.04 Å². The zero-order chi connectivity index (χ0) is 25.1. The Hall–Kier alpha value is -3.33. The Morgan fingerprint density at radius 2 is 1.81 bits per heavy atom. The first-order chi connectivity index (χ1) is 18.0. The van der Waals surface area contributed by atoms with Gasteiger partial charge in [0.2, 0.25) is 17.8 Å². The lowest BCUT2D eigenvalue weighted by Crippen LogP contribution is -2.52. The Morgan fingerprint density at radius 1 is 1.00 bits per heavy atom. The molecule has 1 N–H and O–H groups in total. The van der Waals surface area contributed by atoms with E-state index in [0.717, 1.165) is 44.1 Å². The quantitative estimate of drug-likeness (QED) is 0.629. The minimum absolute atomic E-state index is 0.104. The molecule has 0 radical (unpaired) electrons. The van der Waals surface area contributed by atoms with Crippen LogP contribution in [0, 0.1) is 5.92 Å². The van der Waals surface area contributed by atoms with Crippen molar-refractivity contribution in [2.45, 2.75) is 69.6 Å². The van der Waals surface area contributed by atoms with Crippen LogP contribution in [0.15, 0.2) is 30.6 Å². The summed E-state index contributed by atoms with van der Waals surface area (Å²) in [5.74, 6) is 1.27. The number of amides is 3. The van der Waals surface area contributed by atoms with Gasteiger partial charge in [-0.1, -0.05) is 12.1 Å². The molecule has 0 bridgehead atoms. The van der Waals surface area contributed by atoms with Crippen LogP contribution in [0.4, 0.5) is 5.95 Å². The summed E-state index contributed by atoms with van der Waals surface area (Å²) in [5.41, 5.74) is 4.18. The van der Waals surface area contributed by atoms with Crippen molar-refractivity contribution in [2.24, 2.45) is 5.92 Å². The third-order valence-corrected chi connectivity index (χ3v) is 8.96. The Labute approximate surface area is 216 Å². The molecule has 7 rings (SSSR count). The third-order valence-electron chi connectivity index (χ3n) is 8.96. The molecule has 4 fully saturated rings. The van der Waals surface area contributed by atoms with E-state index in [1.54, 1.807) is 4.90 Å². The highest BCUT2D eigenvalue weighted by Gasteiger charge is 2.50. The summed E-state index contributed by atoms with van der Waals surface area (Å²) < 4.78 is 0. The minimum Gasteiger partial charge on any atom is -0.341 e. The Balaban J connectivity index is 0.998. The molecular formula is C28H32N6O3. The fraction of sp³-hybridized carbons (Fsp3) is 0.536. The van der Waals surface area contributed by atoms with Crippen LogP contribution in [0.1, 0.15) is 71.5 Å². The standard InChI is InChI=1S/C28H32N6O3/c35-25-6-5-23(26(36)31-25)34-16-19-11-18(3-4-21(19)27(34)37)20-7-10-33(24-12-22(20)24)15-17-13-29-28(30-14-17)32-8-1-2-9-32/h3-4,11,13-14,20,22-24H,1-2,5-10,12,15-16H2,(H,31,35,36). The van der Waals surface area contributed by atoms with E-state index in [9.17, 15) is 14.4 Å². The van der Waals surface area contributed by atoms with Gasteiger partial charge in [-0.05, 0) is 67.7 Å². The largest absolute Gasteiger partial charge is 0.341 e. The highest BCUT2D eigenvalue weighted by molar-refractivity contribution is 6.05. The molecule has 3 saturated heterocycles. The monoisotopic (exact) mass is 500 g/mol. The highest BCUT2D eigenvalue weighted by Crippen LogP contribution is 2.52. The molecule has 0 spiro atoms. The average molecular weight is 501 g/mol. The molecule has 2 aromatic rings. The zero-order valence-corrected chi connectivity index (χ0v) is 20.9. The molecule has 1 saturated carbocycles. The Kier molecular flexibility index (Phi) is 5.49. The minimum atomic E-state index is -0.564. The maximum absolute atomic E-state index is 13.0. The number of hydrogen-bond acceptors (Lipinski definition) is 7. The fourth-order valence-corrected chi connectivity index (χ4v) is 6.92. The van der Waals surface area contributed by atoms with E-state index in [1.165, 1.54) is 30.4 Å². The second-order valence-corrected chi connectivity index (χ2v) is 11.2. The van der Waals surface area contributed by atoms with Crippen molar-refractivity contribution in [1.29, 1.82) is 0 Å². The van der Waals surface area contributed by atoms with Crippen molar-refractivity contribution < 1.29 is 14.4 Å². The zero-order valence-electron chi connectivity index (χ0n) is 20.9. The van der Waals surface area contributed by atoms with Crippen LogP contribution < -0.4 is 10.2 Å². The first-order valence-corrected chi connectivity index (χ1v) is 13.6. The number of imide groups is 1. The first kappa shape index (κ1) is 22.8. The number of piperidine rings is 2. The van der Waals surface area contributed by atoms with Gasteiger partial charge in [0.05, 0.1) is 0 Å². The SMILES string of the molecule is O=C1CCC(N2Cc3cc(C4CCN(Cc5cnc(N6CCCC6)nc5)C5CC45)ccc3C2=O)C(=O)N1. The van der Waals surface area contributed by atoms with Gasteiger partial charge in [0.1, 0.15) is 6.04 Å². The van der Waals surface area contributed by atoms with E-state index in [0.29, 0.717) is 36.4 Å². The van der Waals surface area contributed by atoms with Gasteiger partial charge in [-0.2, -0.15) is 0 Å². The lowest BCUT2D eigenvalue weighted by atomic mass is 9.86. The van der Waals surface area contributed by atoms with Gasteiger partial charge >= 0.3 is 0 Å². The van der Waals surface area contributed by atoms with Gasteiger partial charge in [-0.25, -0.2) is 9.97 Å². The molecule has 9 heteroatoms. The fourth-order valence-electron chi connectivity index (χ4n) is 6.92. The topological polar surface area (TPSA) is 98.7 Å². The summed E-state index contributed by atoms with van der Waals surface area (Å²) in [6.45, 7) is 4.49. The molecule has 4 unspecified atom stereocenters. The second kappa shape index (κ2) is 8.90. The van der Waals surface area contributed by atoms with E-state index in [4.69, 9.17) is 0 Å². The number of anilines is 1. The maximum atomic E-state index is 13.0. The number of benzene rings is 1. The highest BCUT2D eigenvalue weighted by atomic mass is 16.2. The second-order valence-electron chi connectivity index (χ2n) is 11.2. The molecule has 192 valence electrons. The molecule has 1 aromatic heterocycles. The van der Waals surface area contributed by atoms with Crippen LogP contribution in [0.3, 0.4) is 0 Å². The van der Waals surface area contributed by atoms with Gasteiger partial charge in [-0.3, -0.25) is 24.6 Å². The van der Waals surface area contributed by atoms with Gasteiger partial charge in [0.15, 0.2) is 0 Å². The number of hydrogen-bond donors (Lipinski definition) is 1. The predicted octanol–water partition coefficient (Wildman–Crippen LogP) is 2.22. The van der Waals surface area contributed by atoms with Gasteiger partial charge in [0, 0.05) is 62.2 Å².